The summed E-state index contributed by atoms with van der Waals surface area (Å²) in [6.45, 7) is 6.18. The number of carbonyl (C=O) groups excluding carboxylic acids is 5. The maximum atomic E-state index is 12.2. The molecule has 0 radical (unpaired) electrons. The van der Waals surface area contributed by atoms with Crippen LogP contribution in [0.15, 0.2) is 157 Å². The Bertz CT molecular complexity index is 3100. The lowest BCUT2D eigenvalue weighted by Crippen LogP contribution is -2.38. The summed E-state index contributed by atoms with van der Waals surface area (Å²) in [6, 6.07) is 39.1. The maximum Gasteiger partial charge on any atom is 0.320 e. The van der Waals surface area contributed by atoms with Crippen molar-refractivity contribution in [3.63, 3.8) is 0 Å². The van der Waals surface area contributed by atoms with Gasteiger partial charge in [0.15, 0.2) is 19.8 Å². The summed E-state index contributed by atoms with van der Waals surface area (Å²) in [5.74, 6) is 0.704. The Morgan fingerprint density at radius 1 is 0.506 bits per heavy atom. The van der Waals surface area contributed by atoms with Gasteiger partial charge < -0.3 is 68.0 Å². The zero-order valence-corrected chi connectivity index (χ0v) is 48.2. The number of ether oxygens (including phenoxy) is 3. The van der Waals surface area contributed by atoms with Crippen LogP contribution in [0.25, 0.3) is 0 Å². The number of anilines is 6. The molecule has 5 amide bonds. The quantitative estimate of drug-likeness (QED) is 0.0338. The number of carbonyl (C=O) groups is 6. The van der Waals surface area contributed by atoms with Gasteiger partial charge in [0.25, 0.3) is 17.7 Å². The van der Waals surface area contributed by atoms with Gasteiger partial charge in [-0.15, -0.1) is 0 Å². The predicted molar refractivity (Wildman–Crippen MR) is 321 cm³/mol. The minimum absolute atomic E-state index is 0.0198. The third-order valence-electron chi connectivity index (χ3n) is 12.0. The highest BCUT2D eigenvalue weighted by Gasteiger charge is 2.20. The fourth-order valence-corrected chi connectivity index (χ4v) is 10.3. The first-order valence-electron chi connectivity index (χ1n) is 26.3. The van der Waals surface area contributed by atoms with Crippen LogP contribution in [0, 0.1) is 0 Å². The number of hydrogen-bond donors (Lipinski definition) is 10. The molecule has 6 aromatic rings. The molecule has 0 saturated carbocycles. The average molecular weight is 1160 g/mol. The van der Waals surface area contributed by atoms with Crippen molar-refractivity contribution in [2.45, 2.75) is 107 Å². The highest BCUT2D eigenvalue weighted by Crippen LogP contribution is 2.38. The summed E-state index contributed by atoms with van der Waals surface area (Å²) in [6.07, 6.45) is 4.89. The lowest BCUT2D eigenvalue weighted by Gasteiger charge is -2.18. The van der Waals surface area contributed by atoms with E-state index < -0.39 is 12.0 Å². The zero-order chi connectivity index (χ0) is 58.3. The van der Waals surface area contributed by atoms with Gasteiger partial charge >= 0.3 is 5.97 Å². The number of nitrogens with two attached hydrogens (primary N) is 2. The van der Waals surface area contributed by atoms with Crippen LogP contribution in [-0.4, -0.2) is 92.7 Å². The van der Waals surface area contributed by atoms with E-state index in [1.165, 1.54) is 0 Å². The average Bonchev–Trinajstić information content (AvgIpc) is 3.46. The second-order valence-electron chi connectivity index (χ2n) is 18.4. The van der Waals surface area contributed by atoms with Crippen LogP contribution in [0.4, 0.5) is 34.1 Å². The number of benzene rings is 6. The van der Waals surface area contributed by atoms with Crippen molar-refractivity contribution in [3.8, 4) is 17.2 Å². The van der Waals surface area contributed by atoms with Crippen LogP contribution in [0.3, 0.4) is 0 Å². The minimum atomic E-state index is -0.764. The first-order valence-corrected chi connectivity index (χ1v) is 28.8. The molecule has 81 heavy (non-hydrogen) atoms. The number of likely N-dealkylation sites (N-methyl/N-ethyl adjacent to an activating group) is 2. The molecule has 19 nitrogen and oxygen atoms in total. The Morgan fingerprint density at radius 2 is 0.840 bits per heavy atom. The normalized spacial score (nSPS) is 13.7. The molecule has 12 N–H and O–H groups in total. The van der Waals surface area contributed by atoms with E-state index in [4.69, 9.17) is 30.8 Å². The predicted octanol–water partition coefficient (Wildman–Crippen LogP) is 9.94. The van der Waals surface area contributed by atoms with Gasteiger partial charge in [0.2, 0.25) is 11.8 Å². The highest BCUT2D eigenvalue weighted by atomic mass is 32.2. The van der Waals surface area contributed by atoms with Crippen molar-refractivity contribution in [1.29, 1.82) is 0 Å². The first kappa shape index (κ1) is 62.5. The number of fused-ring (bicyclic) bond motifs is 3. The first-order chi connectivity index (χ1) is 39.1. The van der Waals surface area contributed by atoms with Crippen molar-refractivity contribution in [2.24, 2.45) is 5.73 Å². The molecule has 3 aliphatic heterocycles. The number of nitrogens with one attached hydrogen (secondary N) is 7. The third kappa shape index (κ3) is 20.1. The monoisotopic (exact) mass is 1160 g/mol. The van der Waals surface area contributed by atoms with Crippen LogP contribution in [0.1, 0.15) is 59.3 Å². The number of nitrogen functional groups attached to an aromatic ring is 1. The Kier molecular flexibility index (Phi) is 24.6. The molecule has 0 bridgehead atoms. The summed E-state index contributed by atoms with van der Waals surface area (Å²) in [5, 5.41) is 28.3. The van der Waals surface area contributed by atoms with Crippen LogP contribution < -0.4 is 62.9 Å². The van der Waals surface area contributed by atoms with E-state index in [0.717, 1.165) is 77.8 Å². The topological polar surface area (TPSA) is 287 Å². The molecule has 9 rings (SSSR count). The molecule has 6 aromatic carbocycles. The van der Waals surface area contributed by atoms with Gasteiger partial charge in [-0.1, -0.05) is 75.3 Å². The van der Waals surface area contributed by atoms with E-state index in [1.54, 1.807) is 49.4 Å². The van der Waals surface area contributed by atoms with Crippen molar-refractivity contribution in [1.82, 2.24) is 10.6 Å². The van der Waals surface area contributed by atoms with Gasteiger partial charge in [0, 0.05) is 46.4 Å². The number of hydrogen-bond acceptors (Lipinski definition) is 16. The van der Waals surface area contributed by atoms with E-state index in [0.29, 0.717) is 41.5 Å². The van der Waals surface area contributed by atoms with E-state index >= 15 is 0 Å². The molecule has 0 aliphatic carbocycles. The SMILES string of the molecule is CCCC(N)C(=O)Nc1ccc(Sc2ccc3c(c2)OCC(=O)N3)cc1.CCCC(NC)C(=O)Nc1ccc(Sc2ccc3c(c2)OCC(=O)N3)cc1.CCCC(NC)C(=O)O.Nc1ccc(Sc2ccc3c(c2)OCC(=O)N3)cc1. The standard InChI is InChI=1S/C20H23N3O3S.C19H21N3O3S.C14H12N2O2S.C6H13NO2/c1-3-4-17(21-2)20(25)22-13-5-7-14(8-6-13)27-15-9-10-16-18(11-15)26-12-19(24)23-16;1-2-3-15(20)19(24)21-12-4-6-13(7-5-12)26-14-8-9-16-17(10-14)25-11-18(23)22-16;15-9-1-3-10(4-2-9)19-11-5-6-12-13(7-11)18-8-14(17)16-12;1-3-4-5(7-2)6(8)9/h5-11,17,21H,3-4,12H2,1-2H3,(H,22,25)(H,23,24);4-10,15H,2-3,11,20H2,1H3,(H,21,24)(H,22,23);1-7H,8,15H2,(H,16,17);5,7H,3-4H2,1-2H3,(H,8,9). The van der Waals surface area contributed by atoms with Crippen molar-refractivity contribution < 1.29 is 48.1 Å². The van der Waals surface area contributed by atoms with Gasteiger partial charge in [-0.2, -0.15) is 0 Å². The molecule has 0 saturated heterocycles. The third-order valence-corrected chi connectivity index (χ3v) is 15.0. The maximum absolute atomic E-state index is 12.2. The lowest BCUT2D eigenvalue weighted by molar-refractivity contribution is -0.139. The highest BCUT2D eigenvalue weighted by molar-refractivity contribution is 7.99. The molecule has 22 heteroatoms. The van der Waals surface area contributed by atoms with E-state index in [1.807, 2.05) is 141 Å². The number of aliphatic carboxylic acids is 1. The molecular weight excluding hydrogens is 1090 g/mol. The van der Waals surface area contributed by atoms with Gasteiger partial charge in [0.1, 0.15) is 23.3 Å². The number of carboxylic acids is 1. The second-order valence-corrected chi connectivity index (χ2v) is 21.8. The minimum Gasteiger partial charge on any atom is -0.482 e. The Balaban J connectivity index is 0.000000184. The zero-order valence-electron chi connectivity index (χ0n) is 45.7. The molecule has 3 aliphatic rings. The summed E-state index contributed by atoms with van der Waals surface area (Å²) >= 11 is 4.78. The molecule has 0 spiro atoms. The summed E-state index contributed by atoms with van der Waals surface area (Å²) in [4.78, 5) is 74.5. The largest absolute Gasteiger partial charge is 0.482 e. The van der Waals surface area contributed by atoms with Gasteiger partial charge in [-0.25, -0.2) is 0 Å². The van der Waals surface area contributed by atoms with Crippen LogP contribution >= 0.6 is 35.3 Å². The van der Waals surface area contributed by atoms with E-state index in [-0.39, 0.29) is 61.4 Å². The lowest BCUT2D eigenvalue weighted by atomic mass is 10.1. The van der Waals surface area contributed by atoms with Crippen LogP contribution in [0.5, 0.6) is 17.2 Å². The molecule has 428 valence electrons. The fraction of sp³-hybridized carbons (Fsp3) is 0.288. The smallest absolute Gasteiger partial charge is 0.320 e. The molecule has 0 aromatic heterocycles. The molecule has 3 heterocycles. The Morgan fingerprint density at radius 3 is 1.17 bits per heavy atom. The number of rotatable bonds is 19. The van der Waals surface area contributed by atoms with Gasteiger partial charge in [-0.05, 0) is 161 Å². The Labute approximate surface area is 484 Å². The van der Waals surface area contributed by atoms with Crippen molar-refractivity contribution in [3.05, 3.63) is 127 Å². The van der Waals surface area contributed by atoms with Crippen molar-refractivity contribution in [2.75, 3.05) is 66.2 Å². The molecule has 3 unspecified atom stereocenters. The molecular formula is C59H69N9O10S3. The van der Waals surface area contributed by atoms with Crippen LogP contribution in [-0.2, 0) is 28.8 Å². The summed E-state index contributed by atoms with van der Waals surface area (Å²) < 4.78 is 16.3. The van der Waals surface area contributed by atoms with E-state index in [2.05, 4.69) is 44.1 Å². The summed E-state index contributed by atoms with van der Waals surface area (Å²) in [7, 11) is 3.46. The number of carboxylic acid groups (broad SMARTS) is 1. The number of amides is 5. The summed E-state index contributed by atoms with van der Waals surface area (Å²) in [5.41, 5.74) is 15.8. The van der Waals surface area contributed by atoms with E-state index in [9.17, 15) is 28.8 Å². The van der Waals surface area contributed by atoms with Gasteiger partial charge in [-0.3, -0.25) is 28.8 Å². The second kappa shape index (κ2) is 31.9. The fourth-order valence-electron chi connectivity index (χ4n) is 7.79. The van der Waals surface area contributed by atoms with Crippen LogP contribution in [0.2, 0.25) is 0 Å². The van der Waals surface area contributed by atoms with Crippen molar-refractivity contribution >= 4 is 105 Å². The molecule has 3 atom stereocenters. The Hall–Kier alpha value is -7.73. The van der Waals surface area contributed by atoms with Gasteiger partial charge in [0.05, 0.1) is 29.1 Å². The molecule has 0 fully saturated rings.